The van der Waals surface area contributed by atoms with Gasteiger partial charge in [-0.3, -0.25) is 4.98 Å². The molecule has 0 spiro atoms. The Labute approximate surface area is 142 Å². The van der Waals surface area contributed by atoms with Crippen LogP contribution in [0.3, 0.4) is 0 Å². The topological polar surface area (TPSA) is 87.4 Å². The molecule has 0 amide bonds. The lowest BCUT2D eigenvalue weighted by atomic mass is 9.99. The molecule has 8 heteroatoms. The molecule has 0 aliphatic rings. The summed E-state index contributed by atoms with van der Waals surface area (Å²) >= 11 is 1.35. The zero-order valence-corrected chi connectivity index (χ0v) is 13.8. The van der Waals surface area contributed by atoms with Crippen LogP contribution >= 0.6 is 11.3 Å². The van der Waals surface area contributed by atoms with Gasteiger partial charge in [0.2, 0.25) is 5.95 Å². The molecule has 3 rings (SSSR count). The van der Waals surface area contributed by atoms with Crippen LogP contribution in [0.4, 0.5) is 10.3 Å². The summed E-state index contributed by atoms with van der Waals surface area (Å²) in [5.74, 6) is -0.0377. The number of rotatable bonds is 4. The number of nitrogens with zero attached hydrogens (tertiary/aromatic N) is 5. The Morgan fingerprint density at radius 2 is 2.00 bits per heavy atom. The van der Waals surface area contributed by atoms with Crippen molar-refractivity contribution >= 4 is 17.3 Å². The van der Waals surface area contributed by atoms with Gasteiger partial charge in [0.1, 0.15) is 22.6 Å². The Balaban J connectivity index is 1.81. The zero-order chi connectivity index (χ0) is 17.2. The second kappa shape index (κ2) is 6.29. The van der Waals surface area contributed by atoms with Crippen molar-refractivity contribution in [1.29, 1.82) is 5.26 Å². The van der Waals surface area contributed by atoms with Gasteiger partial charge in [0, 0.05) is 29.5 Å². The van der Waals surface area contributed by atoms with E-state index in [1.165, 1.54) is 17.4 Å². The van der Waals surface area contributed by atoms with Crippen LogP contribution in [0.2, 0.25) is 0 Å². The molecule has 24 heavy (non-hydrogen) atoms. The second-order valence-corrected chi connectivity index (χ2v) is 6.39. The van der Waals surface area contributed by atoms with E-state index in [4.69, 9.17) is 5.26 Å². The van der Waals surface area contributed by atoms with Crippen LogP contribution in [0, 0.1) is 17.1 Å². The van der Waals surface area contributed by atoms with Gasteiger partial charge >= 0.3 is 0 Å². The van der Waals surface area contributed by atoms with Crippen LogP contribution in [0.25, 0.3) is 10.6 Å². The molecule has 3 aromatic heterocycles. The number of aromatic nitrogens is 4. The van der Waals surface area contributed by atoms with E-state index in [0.717, 1.165) is 0 Å². The van der Waals surface area contributed by atoms with E-state index in [0.29, 0.717) is 22.2 Å². The van der Waals surface area contributed by atoms with Gasteiger partial charge in [-0.1, -0.05) is 0 Å². The molecule has 0 unspecified atom stereocenters. The van der Waals surface area contributed by atoms with Gasteiger partial charge in [0.15, 0.2) is 5.69 Å². The van der Waals surface area contributed by atoms with E-state index >= 15 is 0 Å². The minimum absolute atomic E-state index is 0.288. The molecule has 3 heterocycles. The van der Waals surface area contributed by atoms with Gasteiger partial charge in [0.25, 0.3) is 0 Å². The van der Waals surface area contributed by atoms with Crippen LogP contribution in [0.5, 0.6) is 0 Å². The van der Waals surface area contributed by atoms with Gasteiger partial charge in [0.05, 0.1) is 5.54 Å². The van der Waals surface area contributed by atoms with E-state index in [9.17, 15) is 4.39 Å². The number of halogens is 1. The smallest absolute Gasteiger partial charge is 0.223 e. The number of pyridine rings is 1. The van der Waals surface area contributed by atoms with E-state index in [1.807, 2.05) is 6.07 Å². The first-order chi connectivity index (χ1) is 11.5. The molecule has 3 aromatic rings. The standard InChI is InChI=1S/C16H13FN6S/c1-16(2,13-12(17)4-3-5-19-13)23-15-20-7-10(8-21-15)14-22-11(6-18)9-24-14/h3-5,7-9H,1-2H3,(H,20,21,23). The van der Waals surface area contributed by atoms with Crippen molar-refractivity contribution in [2.24, 2.45) is 0 Å². The van der Waals surface area contributed by atoms with Crippen molar-refractivity contribution in [1.82, 2.24) is 19.9 Å². The van der Waals surface area contributed by atoms with Crippen molar-refractivity contribution in [3.05, 3.63) is 53.3 Å². The summed E-state index contributed by atoms with van der Waals surface area (Å²) < 4.78 is 13.9. The van der Waals surface area contributed by atoms with Crippen LogP contribution < -0.4 is 5.32 Å². The van der Waals surface area contributed by atoms with Crippen molar-refractivity contribution in [3.8, 4) is 16.6 Å². The van der Waals surface area contributed by atoms with Gasteiger partial charge in [-0.25, -0.2) is 19.3 Å². The van der Waals surface area contributed by atoms with Gasteiger partial charge < -0.3 is 5.32 Å². The minimum atomic E-state index is -0.776. The summed E-state index contributed by atoms with van der Waals surface area (Å²) in [6.07, 6.45) is 4.77. The Kier molecular flexibility index (Phi) is 4.18. The maximum atomic E-state index is 13.9. The van der Waals surface area contributed by atoms with Crippen molar-refractivity contribution in [3.63, 3.8) is 0 Å². The van der Waals surface area contributed by atoms with E-state index in [1.54, 1.807) is 43.9 Å². The highest BCUT2D eigenvalue weighted by atomic mass is 32.1. The highest BCUT2D eigenvalue weighted by Crippen LogP contribution is 2.26. The first kappa shape index (κ1) is 16.0. The van der Waals surface area contributed by atoms with Crippen LogP contribution in [-0.2, 0) is 5.54 Å². The molecule has 1 N–H and O–H groups in total. The largest absolute Gasteiger partial charge is 0.344 e. The summed E-state index contributed by atoms with van der Waals surface area (Å²) in [6, 6.07) is 4.90. The third-order valence-corrected chi connectivity index (χ3v) is 4.18. The molecule has 0 saturated carbocycles. The number of thiazole rings is 1. The third-order valence-electron chi connectivity index (χ3n) is 3.29. The van der Waals surface area contributed by atoms with E-state index < -0.39 is 11.4 Å². The Morgan fingerprint density at radius 1 is 1.25 bits per heavy atom. The summed E-state index contributed by atoms with van der Waals surface area (Å²) in [5, 5.41) is 14.2. The van der Waals surface area contributed by atoms with Crippen molar-refractivity contribution in [2.75, 3.05) is 5.32 Å². The molecule has 6 nitrogen and oxygen atoms in total. The SMILES string of the molecule is CC(C)(Nc1ncc(-c2nc(C#N)cs2)cn1)c1ncccc1F. The summed E-state index contributed by atoms with van der Waals surface area (Å²) in [4.78, 5) is 16.7. The predicted molar refractivity (Wildman–Crippen MR) is 88.7 cm³/mol. The predicted octanol–water partition coefficient (Wildman–Crippen LogP) is 3.35. The molecular weight excluding hydrogens is 327 g/mol. The van der Waals surface area contributed by atoms with Gasteiger partial charge in [-0.05, 0) is 26.0 Å². The fourth-order valence-corrected chi connectivity index (χ4v) is 2.87. The molecule has 0 atom stereocenters. The maximum Gasteiger partial charge on any atom is 0.223 e. The number of nitriles is 1. The average Bonchev–Trinajstić information content (AvgIpc) is 3.04. The highest BCUT2D eigenvalue weighted by Gasteiger charge is 2.26. The lowest BCUT2D eigenvalue weighted by molar-refractivity contribution is 0.510. The maximum absolute atomic E-state index is 13.9. The van der Waals surface area contributed by atoms with Gasteiger partial charge in [-0.2, -0.15) is 5.26 Å². The summed E-state index contributed by atoms with van der Waals surface area (Å²) in [7, 11) is 0. The quantitative estimate of drug-likeness (QED) is 0.783. The molecule has 0 radical (unpaired) electrons. The lowest BCUT2D eigenvalue weighted by Gasteiger charge is -2.25. The number of hydrogen-bond donors (Lipinski definition) is 1. The Morgan fingerprint density at radius 3 is 2.62 bits per heavy atom. The van der Waals surface area contributed by atoms with Crippen molar-refractivity contribution < 1.29 is 4.39 Å². The first-order valence-electron chi connectivity index (χ1n) is 7.07. The van der Waals surface area contributed by atoms with Crippen molar-refractivity contribution in [2.45, 2.75) is 19.4 Å². The monoisotopic (exact) mass is 340 g/mol. The Bertz CT molecular complexity index is 897. The second-order valence-electron chi connectivity index (χ2n) is 5.53. The molecule has 0 aliphatic heterocycles. The van der Waals surface area contributed by atoms with Crippen LogP contribution in [-0.4, -0.2) is 19.9 Å². The zero-order valence-electron chi connectivity index (χ0n) is 13.0. The van der Waals surface area contributed by atoms with Crippen LogP contribution in [0.15, 0.2) is 36.1 Å². The van der Waals surface area contributed by atoms with Gasteiger partial charge in [-0.15, -0.1) is 11.3 Å². The number of anilines is 1. The minimum Gasteiger partial charge on any atom is -0.344 e. The molecule has 120 valence electrons. The Hall–Kier alpha value is -2.92. The summed E-state index contributed by atoms with van der Waals surface area (Å²) in [6.45, 7) is 3.60. The molecule has 0 aliphatic carbocycles. The van der Waals surface area contributed by atoms with Crippen LogP contribution in [0.1, 0.15) is 25.2 Å². The molecular formula is C16H13FN6S. The first-order valence-corrected chi connectivity index (χ1v) is 7.95. The highest BCUT2D eigenvalue weighted by molar-refractivity contribution is 7.13. The molecule has 0 saturated heterocycles. The fourth-order valence-electron chi connectivity index (χ4n) is 2.15. The number of hydrogen-bond acceptors (Lipinski definition) is 7. The third kappa shape index (κ3) is 3.21. The van der Waals surface area contributed by atoms with E-state index in [2.05, 4.69) is 25.3 Å². The number of nitrogens with one attached hydrogen (secondary N) is 1. The molecule has 0 bridgehead atoms. The molecule has 0 aromatic carbocycles. The normalized spacial score (nSPS) is 11.1. The fraction of sp³-hybridized carbons (Fsp3) is 0.188. The average molecular weight is 340 g/mol. The van der Waals surface area contributed by atoms with E-state index in [-0.39, 0.29) is 5.69 Å². The summed E-state index contributed by atoms with van der Waals surface area (Å²) in [5.41, 5.74) is 0.594. The molecule has 0 fully saturated rings. The lowest BCUT2D eigenvalue weighted by Crippen LogP contribution is -2.31.